The van der Waals surface area contributed by atoms with Crippen molar-refractivity contribution >= 4 is 17.5 Å². The minimum absolute atomic E-state index is 0.147. The van der Waals surface area contributed by atoms with Crippen LogP contribution in [0.1, 0.15) is 65.2 Å². The van der Waals surface area contributed by atoms with E-state index in [1.54, 1.807) is 0 Å². The third kappa shape index (κ3) is 2.86. The number of aromatic nitrogens is 2. The van der Waals surface area contributed by atoms with E-state index in [0.29, 0.717) is 11.0 Å². The first-order valence-electron chi connectivity index (χ1n) is 8.84. The van der Waals surface area contributed by atoms with Gasteiger partial charge in [0, 0.05) is 10.8 Å². The lowest BCUT2D eigenvalue weighted by atomic mass is 9.49. The molecule has 1 aromatic rings. The molecule has 0 amide bonds. The van der Waals surface area contributed by atoms with Crippen LogP contribution in [0.2, 0.25) is 0 Å². The van der Waals surface area contributed by atoms with Gasteiger partial charge in [0.15, 0.2) is 0 Å². The van der Waals surface area contributed by atoms with Crippen LogP contribution < -0.4 is 0 Å². The zero-order valence-electron chi connectivity index (χ0n) is 14.3. The maximum Gasteiger partial charge on any atom is 0.277 e. The molecule has 1 heterocycles. The molecule has 0 spiro atoms. The molecule has 5 heteroatoms. The van der Waals surface area contributed by atoms with Crippen molar-refractivity contribution in [1.82, 2.24) is 10.2 Å². The quantitative estimate of drug-likeness (QED) is 0.771. The minimum Gasteiger partial charge on any atom is -0.415 e. The fraction of sp³-hybridized carbons (Fsp3) is 0.833. The van der Waals surface area contributed by atoms with Crippen molar-refractivity contribution in [2.45, 2.75) is 69.9 Å². The Hall–Kier alpha value is -0.840. The second-order valence-corrected chi connectivity index (χ2v) is 9.96. The van der Waals surface area contributed by atoms with E-state index in [4.69, 9.17) is 4.42 Å². The Kier molecular flexibility index (Phi) is 3.63. The SMILES string of the molecule is CC(C)(C)C(=O)CSc1nnc(C23CC4CC(CC(C4)C2)C3)o1. The van der Waals surface area contributed by atoms with Gasteiger partial charge in [0.05, 0.1) is 5.75 Å². The van der Waals surface area contributed by atoms with E-state index in [2.05, 4.69) is 10.2 Å². The molecule has 0 N–H and O–H groups in total. The Morgan fingerprint density at radius 1 is 1.13 bits per heavy atom. The van der Waals surface area contributed by atoms with Crippen LogP contribution in [0.15, 0.2) is 9.64 Å². The lowest BCUT2D eigenvalue weighted by Crippen LogP contribution is -2.48. The summed E-state index contributed by atoms with van der Waals surface area (Å²) in [6.07, 6.45) is 7.92. The summed E-state index contributed by atoms with van der Waals surface area (Å²) in [5, 5.41) is 9.18. The van der Waals surface area contributed by atoms with Crippen molar-refractivity contribution in [3.8, 4) is 0 Å². The van der Waals surface area contributed by atoms with Gasteiger partial charge in [-0.1, -0.05) is 32.5 Å². The van der Waals surface area contributed by atoms with Crippen molar-refractivity contribution < 1.29 is 9.21 Å². The van der Waals surface area contributed by atoms with Crippen LogP contribution in [0.4, 0.5) is 0 Å². The maximum atomic E-state index is 12.1. The number of carbonyl (C=O) groups excluding carboxylic acids is 1. The lowest BCUT2D eigenvalue weighted by molar-refractivity contribution is -0.123. The predicted octanol–water partition coefficient (Wildman–Crippen LogP) is 4.24. The summed E-state index contributed by atoms with van der Waals surface area (Å²) in [5.74, 6) is 4.08. The molecule has 4 bridgehead atoms. The Bertz CT molecular complexity index is 581. The van der Waals surface area contributed by atoms with Crippen molar-refractivity contribution in [2.24, 2.45) is 23.2 Å². The van der Waals surface area contributed by atoms with E-state index in [1.807, 2.05) is 20.8 Å². The molecule has 5 rings (SSSR count). The van der Waals surface area contributed by atoms with E-state index >= 15 is 0 Å². The van der Waals surface area contributed by atoms with Crippen LogP contribution in [0.3, 0.4) is 0 Å². The number of hydrogen-bond donors (Lipinski definition) is 0. The number of ketones is 1. The summed E-state index contributed by atoms with van der Waals surface area (Å²) >= 11 is 1.39. The summed E-state index contributed by atoms with van der Waals surface area (Å²) in [4.78, 5) is 12.1. The van der Waals surface area contributed by atoms with Crippen molar-refractivity contribution in [1.29, 1.82) is 0 Å². The highest BCUT2D eigenvalue weighted by Gasteiger charge is 2.54. The largest absolute Gasteiger partial charge is 0.415 e. The Balaban J connectivity index is 1.47. The molecule has 0 aromatic carbocycles. The molecular weight excluding hydrogens is 308 g/mol. The Morgan fingerprint density at radius 2 is 1.70 bits per heavy atom. The van der Waals surface area contributed by atoms with Crippen molar-refractivity contribution in [3.05, 3.63) is 5.89 Å². The van der Waals surface area contributed by atoms with E-state index in [0.717, 1.165) is 23.6 Å². The van der Waals surface area contributed by atoms with Crippen LogP contribution in [0.25, 0.3) is 0 Å². The highest BCUT2D eigenvalue weighted by atomic mass is 32.2. The summed E-state index contributed by atoms with van der Waals surface area (Å²) in [7, 11) is 0. The molecule has 126 valence electrons. The molecular formula is C18H26N2O2S. The van der Waals surface area contributed by atoms with Crippen LogP contribution in [0.5, 0.6) is 0 Å². The average Bonchev–Trinajstić information content (AvgIpc) is 2.91. The molecule has 0 atom stereocenters. The van der Waals surface area contributed by atoms with Gasteiger partial charge >= 0.3 is 0 Å². The molecule has 4 fully saturated rings. The van der Waals surface area contributed by atoms with Crippen molar-refractivity contribution in [3.63, 3.8) is 0 Å². The van der Waals surface area contributed by atoms with Crippen LogP contribution in [-0.2, 0) is 10.2 Å². The first-order chi connectivity index (χ1) is 10.8. The average molecular weight is 334 g/mol. The predicted molar refractivity (Wildman–Crippen MR) is 89.3 cm³/mol. The van der Waals surface area contributed by atoms with E-state index < -0.39 is 0 Å². The molecule has 0 saturated heterocycles. The van der Waals surface area contributed by atoms with Gasteiger partial charge in [0.1, 0.15) is 5.78 Å². The lowest BCUT2D eigenvalue weighted by Gasteiger charge is -2.55. The topological polar surface area (TPSA) is 56.0 Å². The van der Waals surface area contributed by atoms with Gasteiger partial charge in [-0.2, -0.15) is 0 Å². The van der Waals surface area contributed by atoms with Gasteiger partial charge in [-0.25, -0.2) is 0 Å². The first kappa shape index (κ1) is 15.7. The zero-order chi connectivity index (χ0) is 16.2. The zero-order valence-corrected chi connectivity index (χ0v) is 15.1. The van der Waals surface area contributed by atoms with Gasteiger partial charge in [0.2, 0.25) is 5.89 Å². The Labute approximate surface area is 142 Å². The maximum absolute atomic E-state index is 12.1. The molecule has 23 heavy (non-hydrogen) atoms. The summed E-state index contributed by atoms with van der Waals surface area (Å²) < 4.78 is 6.02. The molecule has 4 aliphatic carbocycles. The summed E-state index contributed by atoms with van der Waals surface area (Å²) in [5.41, 5.74) is -0.162. The molecule has 1 aromatic heterocycles. The second kappa shape index (κ2) is 5.33. The number of rotatable bonds is 4. The van der Waals surface area contributed by atoms with Gasteiger partial charge < -0.3 is 4.42 Å². The number of nitrogens with zero attached hydrogens (tertiary/aromatic N) is 2. The number of thioether (sulfide) groups is 1. The van der Waals surface area contributed by atoms with Crippen LogP contribution in [-0.4, -0.2) is 21.7 Å². The fourth-order valence-corrected chi connectivity index (χ4v) is 6.12. The van der Waals surface area contributed by atoms with Crippen molar-refractivity contribution in [2.75, 3.05) is 5.75 Å². The second-order valence-electron chi connectivity index (χ2n) is 9.03. The third-order valence-corrected chi connectivity index (χ3v) is 6.88. The summed E-state index contributed by atoms with van der Waals surface area (Å²) in [6.45, 7) is 5.85. The molecule has 0 unspecified atom stereocenters. The molecule has 0 aliphatic heterocycles. The van der Waals surface area contributed by atoms with E-state index in [-0.39, 0.29) is 16.6 Å². The third-order valence-electron chi connectivity index (χ3n) is 6.06. The monoisotopic (exact) mass is 334 g/mol. The smallest absolute Gasteiger partial charge is 0.277 e. The van der Waals surface area contributed by atoms with Gasteiger partial charge in [-0.05, 0) is 56.3 Å². The number of hydrogen-bond acceptors (Lipinski definition) is 5. The summed E-state index contributed by atoms with van der Waals surface area (Å²) in [6, 6.07) is 0. The minimum atomic E-state index is -0.310. The standard InChI is InChI=1S/C18H26N2O2S/c1-17(2,3)14(21)10-23-16-20-19-15(22-16)18-7-11-4-12(8-18)6-13(5-11)9-18/h11-13H,4-10H2,1-3H3. The highest BCUT2D eigenvalue weighted by Crippen LogP contribution is 2.60. The highest BCUT2D eigenvalue weighted by molar-refractivity contribution is 7.99. The van der Waals surface area contributed by atoms with E-state index in [1.165, 1.54) is 50.3 Å². The number of Topliss-reactive ketones (excluding diaryl/α,β-unsaturated/α-hetero) is 1. The normalized spacial score (nSPS) is 35.7. The molecule has 4 nitrogen and oxygen atoms in total. The first-order valence-corrected chi connectivity index (χ1v) is 9.83. The van der Waals surface area contributed by atoms with Gasteiger partial charge in [-0.3, -0.25) is 4.79 Å². The van der Waals surface area contributed by atoms with Crippen LogP contribution in [0, 0.1) is 23.2 Å². The molecule has 4 saturated carbocycles. The van der Waals surface area contributed by atoms with Gasteiger partial charge in [0.25, 0.3) is 5.22 Å². The fourth-order valence-electron chi connectivity index (χ4n) is 5.20. The van der Waals surface area contributed by atoms with Gasteiger partial charge in [-0.15, -0.1) is 10.2 Å². The number of carbonyl (C=O) groups is 1. The van der Waals surface area contributed by atoms with Crippen LogP contribution >= 0.6 is 11.8 Å². The van der Waals surface area contributed by atoms with E-state index in [9.17, 15) is 4.79 Å². The Morgan fingerprint density at radius 3 is 2.22 bits per heavy atom. The molecule has 4 aliphatic rings. The molecule has 0 radical (unpaired) electrons.